The molecule has 0 amide bonds. The second-order valence-electron chi connectivity index (χ2n) is 7.53. The van der Waals surface area contributed by atoms with Crippen LogP contribution in [-0.2, 0) is 0 Å². The highest BCUT2D eigenvalue weighted by atomic mass is 16.5. The molecule has 3 aromatic carbocycles. The fourth-order valence-electron chi connectivity index (χ4n) is 3.02. The lowest BCUT2D eigenvalue weighted by Crippen LogP contribution is -2.08. The van der Waals surface area contributed by atoms with Crippen molar-refractivity contribution in [2.45, 2.75) is 27.7 Å². The van der Waals surface area contributed by atoms with Crippen molar-refractivity contribution in [2.75, 3.05) is 20.3 Å². The van der Waals surface area contributed by atoms with Crippen LogP contribution in [0, 0.1) is 11.8 Å². The largest absolute Gasteiger partial charge is 0.497 e. The fourth-order valence-corrected chi connectivity index (χ4v) is 3.02. The van der Waals surface area contributed by atoms with Gasteiger partial charge in [-0.05, 0) is 30.0 Å². The van der Waals surface area contributed by atoms with E-state index in [4.69, 9.17) is 14.2 Å². The summed E-state index contributed by atoms with van der Waals surface area (Å²) in [6, 6.07) is 14.4. The maximum Gasteiger partial charge on any atom is 0.135 e. The molecule has 0 aromatic heterocycles. The highest BCUT2D eigenvalue weighted by Gasteiger charge is 2.17. The lowest BCUT2D eigenvalue weighted by Gasteiger charge is -2.19. The first-order valence-corrected chi connectivity index (χ1v) is 9.29. The molecule has 0 atom stereocenters. The second kappa shape index (κ2) is 7.86. The summed E-state index contributed by atoms with van der Waals surface area (Å²) in [7, 11) is 1.69. The van der Waals surface area contributed by atoms with E-state index in [2.05, 4.69) is 45.9 Å². The van der Waals surface area contributed by atoms with E-state index in [1.165, 1.54) is 0 Å². The second-order valence-corrected chi connectivity index (χ2v) is 7.53. The van der Waals surface area contributed by atoms with Crippen molar-refractivity contribution in [3.8, 4) is 17.2 Å². The number of benzene rings is 3. The summed E-state index contributed by atoms with van der Waals surface area (Å²) in [6.45, 7) is 9.98. The van der Waals surface area contributed by atoms with Gasteiger partial charge in [-0.1, -0.05) is 52.0 Å². The predicted octanol–water partition coefficient (Wildman–Crippen LogP) is 6.07. The monoisotopic (exact) mass is 352 g/mol. The number of hydrogen-bond acceptors (Lipinski definition) is 3. The van der Waals surface area contributed by atoms with Crippen molar-refractivity contribution in [1.29, 1.82) is 0 Å². The van der Waals surface area contributed by atoms with E-state index < -0.39 is 0 Å². The minimum absolute atomic E-state index is 0.450. The summed E-state index contributed by atoms with van der Waals surface area (Å²) in [5.41, 5.74) is 0. The van der Waals surface area contributed by atoms with Crippen LogP contribution in [0.25, 0.3) is 21.5 Å². The summed E-state index contributed by atoms with van der Waals surface area (Å²) in [5.74, 6) is 3.55. The molecule has 3 rings (SSSR count). The SMILES string of the molecule is COc1ccc2c(OCC(C)C)c3ccccc3c(OCC(C)C)c2c1. The van der Waals surface area contributed by atoms with E-state index in [0.717, 1.165) is 38.8 Å². The number of ether oxygens (including phenoxy) is 3. The van der Waals surface area contributed by atoms with Gasteiger partial charge in [0, 0.05) is 21.5 Å². The lowest BCUT2D eigenvalue weighted by atomic mass is 10.00. The highest BCUT2D eigenvalue weighted by Crippen LogP contribution is 2.44. The van der Waals surface area contributed by atoms with Crippen molar-refractivity contribution in [3.05, 3.63) is 42.5 Å². The van der Waals surface area contributed by atoms with Crippen LogP contribution in [0.4, 0.5) is 0 Å². The van der Waals surface area contributed by atoms with E-state index in [1.807, 2.05) is 24.3 Å². The maximum atomic E-state index is 6.26. The number of fused-ring (bicyclic) bond motifs is 2. The van der Waals surface area contributed by atoms with Crippen LogP contribution in [0.1, 0.15) is 27.7 Å². The molecule has 0 aliphatic rings. The third kappa shape index (κ3) is 3.72. The molecule has 0 heterocycles. The molecule has 3 aromatic rings. The van der Waals surface area contributed by atoms with Gasteiger partial charge in [-0.2, -0.15) is 0 Å². The molecule has 0 aliphatic heterocycles. The van der Waals surface area contributed by atoms with Gasteiger partial charge in [0.1, 0.15) is 17.2 Å². The zero-order valence-electron chi connectivity index (χ0n) is 16.3. The van der Waals surface area contributed by atoms with Gasteiger partial charge in [0.05, 0.1) is 20.3 Å². The van der Waals surface area contributed by atoms with Gasteiger partial charge in [0.25, 0.3) is 0 Å². The van der Waals surface area contributed by atoms with Crippen molar-refractivity contribution in [3.63, 3.8) is 0 Å². The van der Waals surface area contributed by atoms with Gasteiger partial charge in [0.2, 0.25) is 0 Å². The Labute approximate surface area is 155 Å². The lowest BCUT2D eigenvalue weighted by molar-refractivity contribution is 0.272. The number of hydrogen-bond donors (Lipinski definition) is 0. The Balaban J connectivity index is 2.29. The van der Waals surface area contributed by atoms with Gasteiger partial charge in [0.15, 0.2) is 0 Å². The van der Waals surface area contributed by atoms with E-state index in [0.29, 0.717) is 25.0 Å². The summed E-state index contributed by atoms with van der Waals surface area (Å²) >= 11 is 0. The smallest absolute Gasteiger partial charge is 0.135 e. The minimum atomic E-state index is 0.450. The molecule has 138 valence electrons. The van der Waals surface area contributed by atoms with Gasteiger partial charge in [-0.15, -0.1) is 0 Å². The molecule has 0 saturated heterocycles. The van der Waals surface area contributed by atoms with Gasteiger partial charge >= 0.3 is 0 Å². The molecule has 3 heteroatoms. The predicted molar refractivity (Wildman–Crippen MR) is 109 cm³/mol. The van der Waals surface area contributed by atoms with E-state index in [-0.39, 0.29) is 0 Å². The molecule has 0 bridgehead atoms. The fraction of sp³-hybridized carbons (Fsp3) is 0.391. The van der Waals surface area contributed by atoms with Crippen molar-refractivity contribution >= 4 is 21.5 Å². The molecule has 0 N–H and O–H groups in total. The normalized spacial score (nSPS) is 11.5. The molecule has 0 radical (unpaired) electrons. The Bertz CT molecular complexity index is 897. The van der Waals surface area contributed by atoms with Crippen LogP contribution in [0.2, 0.25) is 0 Å². The van der Waals surface area contributed by atoms with Crippen LogP contribution < -0.4 is 14.2 Å². The molecule has 0 saturated carbocycles. The Hall–Kier alpha value is -2.42. The van der Waals surface area contributed by atoms with Crippen molar-refractivity contribution < 1.29 is 14.2 Å². The maximum absolute atomic E-state index is 6.26. The molecule has 3 nitrogen and oxygen atoms in total. The van der Waals surface area contributed by atoms with E-state index in [1.54, 1.807) is 7.11 Å². The van der Waals surface area contributed by atoms with E-state index in [9.17, 15) is 0 Å². The van der Waals surface area contributed by atoms with Crippen LogP contribution in [0.15, 0.2) is 42.5 Å². The van der Waals surface area contributed by atoms with Gasteiger partial charge in [-0.3, -0.25) is 0 Å². The Morgan fingerprint density at radius 3 is 1.69 bits per heavy atom. The summed E-state index contributed by atoms with van der Waals surface area (Å²) < 4.78 is 18.0. The Kier molecular flexibility index (Phi) is 5.55. The van der Waals surface area contributed by atoms with Crippen LogP contribution in [-0.4, -0.2) is 20.3 Å². The molecular weight excluding hydrogens is 324 g/mol. The first kappa shape index (κ1) is 18.4. The summed E-state index contributed by atoms with van der Waals surface area (Å²) in [4.78, 5) is 0. The van der Waals surface area contributed by atoms with Crippen molar-refractivity contribution in [2.24, 2.45) is 11.8 Å². The van der Waals surface area contributed by atoms with Crippen LogP contribution in [0.5, 0.6) is 17.2 Å². The third-order valence-corrected chi connectivity index (χ3v) is 4.25. The summed E-state index contributed by atoms with van der Waals surface area (Å²) in [6.07, 6.45) is 0. The Morgan fingerprint density at radius 1 is 0.692 bits per heavy atom. The number of methoxy groups -OCH3 is 1. The number of rotatable bonds is 7. The quantitative estimate of drug-likeness (QED) is 0.483. The molecule has 0 unspecified atom stereocenters. The molecule has 0 fully saturated rings. The summed E-state index contributed by atoms with van der Waals surface area (Å²) in [5, 5.41) is 4.25. The molecule has 0 aliphatic carbocycles. The van der Waals surface area contributed by atoms with Gasteiger partial charge < -0.3 is 14.2 Å². The average Bonchev–Trinajstić information content (AvgIpc) is 2.63. The van der Waals surface area contributed by atoms with Gasteiger partial charge in [-0.25, -0.2) is 0 Å². The van der Waals surface area contributed by atoms with Crippen molar-refractivity contribution in [1.82, 2.24) is 0 Å². The van der Waals surface area contributed by atoms with Crippen LogP contribution >= 0.6 is 0 Å². The molecular formula is C23H28O3. The third-order valence-electron chi connectivity index (χ3n) is 4.25. The average molecular weight is 352 g/mol. The topological polar surface area (TPSA) is 27.7 Å². The molecule has 26 heavy (non-hydrogen) atoms. The first-order valence-electron chi connectivity index (χ1n) is 9.29. The highest BCUT2D eigenvalue weighted by molar-refractivity contribution is 6.11. The Morgan fingerprint density at radius 2 is 1.19 bits per heavy atom. The first-order chi connectivity index (χ1) is 12.5. The van der Waals surface area contributed by atoms with Crippen LogP contribution in [0.3, 0.4) is 0 Å². The van der Waals surface area contributed by atoms with E-state index >= 15 is 0 Å². The minimum Gasteiger partial charge on any atom is -0.497 e. The standard InChI is InChI=1S/C23H28O3/c1-15(2)13-25-22-18-8-6-7-9-19(18)23(26-14-16(3)4)21-12-17(24-5)10-11-20(21)22/h6-12,15-16H,13-14H2,1-5H3. The zero-order valence-corrected chi connectivity index (χ0v) is 16.3. The zero-order chi connectivity index (χ0) is 18.7. The molecule has 0 spiro atoms.